The van der Waals surface area contributed by atoms with Gasteiger partial charge in [0.25, 0.3) is 5.91 Å². The molecule has 4 rings (SSSR count). The van der Waals surface area contributed by atoms with Gasteiger partial charge in [-0.3, -0.25) is 9.69 Å². The van der Waals surface area contributed by atoms with Crippen LogP contribution in [-0.2, 0) is 20.9 Å². The molecule has 0 unspecified atom stereocenters. The van der Waals surface area contributed by atoms with Crippen molar-refractivity contribution in [2.45, 2.75) is 45.3 Å². The number of rotatable bonds is 8. The Balaban J connectivity index is 1.20. The monoisotopic (exact) mass is 454 g/mol. The number of carbonyl (C=O) groups is 2. The van der Waals surface area contributed by atoms with Crippen LogP contribution in [0.1, 0.15) is 38.7 Å². The number of likely N-dealkylation sites (tertiary alicyclic amines) is 1. The average Bonchev–Trinajstić information content (AvgIpc) is 3.08. The molecule has 33 heavy (non-hydrogen) atoms. The van der Waals surface area contributed by atoms with Gasteiger partial charge in [0.05, 0.1) is 5.57 Å². The van der Waals surface area contributed by atoms with E-state index in [2.05, 4.69) is 57.3 Å². The molecule has 0 saturated carbocycles. The Labute approximate surface area is 197 Å². The second-order valence-corrected chi connectivity index (χ2v) is 9.53. The zero-order chi connectivity index (χ0) is 23.3. The lowest BCUT2D eigenvalue weighted by Crippen LogP contribution is -2.49. The molecule has 2 saturated heterocycles. The summed E-state index contributed by atoms with van der Waals surface area (Å²) in [4.78, 5) is 32.7. The van der Waals surface area contributed by atoms with Gasteiger partial charge in [0, 0.05) is 70.8 Å². The van der Waals surface area contributed by atoms with Crippen molar-refractivity contribution >= 4 is 11.9 Å². The van der Waals surface area contributed by atoms with E-state index in [1.54, 1.807) is 6.92 Å². The van der Waals surface area contributed by atoms with Crippen molar-refractivity contribution in [1.82, 2.24) is 20.0 Å². The van der Waals surface area contributed by atoms with E-state index in [0.717, 1.165) is 65.3 Å². The number of esters is 1. The zero-order valence-corrected chi connectivity index (χ0v) is 20.1. The highest BCUT2D eigenvalue weighted by Crippen LogP contribution is 2.40. The van der Waals surface area contributed by atoms with Crippen molar-refractivity contribution in [3.63, 3.8) is 0 Å². The number of nitrogens with one attached hydrogen (secondary N) is 1. The summed E-state index contributed by atoms with van der Waals surface area (Å²) in [5.41, 5.74) is 1.68. The lowest BCUT2D eigenvalue weighted by Gasteiger charge is -2.39. The minimum Gasteiger partial charge on any atom is -0.450 e. The molecule has 3 aliphatic rings. The van der Waals surface area contributed by atoms with Crippen LogP contribution < -0.4 is 5.32 Å². The van der Waals surface area contributed by atoms with Gasteiger partial charge in [-0.05, 0) is 32.0 Å². The van der Waals surface area contributed by atoms with Gasteiger partial charge in [0.2, 0.25) is 0 Å². The van der Waals surface area contributed by atoms with E-state index in [1.165, 1.54) is 5.56 Å². The van der Waals surface area contributed by atoms with E-state index in [0.29, 0.717) is 30.5 Å². The number of ether oxygens (including phenoxy) is 1. The molecule has 0 aliphatic carbocycles. The summed E-state index contributed by atoms with van der Waals surface area (Å²) in [7, 11) is 0. The highest BCUT2D eigenvalue weighted by atomic mass is 16.6. The lowest BCUT2D eigenvalue weighted by atomic mass is 9.82. The minimum atomic E-state index is -0.730. The van der Waals surface area contributed by atoms with Gasteiger partial charge >= 0.3 is 5.97 Å². The number of hydrogen-bond acceptors (Lipinski definition) is 6. The molecule has 0 bridgehead atoms. The number of amides is 1. The zero-order valence-electron chi connectivity index (χ0n) is 20.1. The number of piperidine rings is 1. The first-order chi connectivity index (χ1) is 16.0. The van der Waals surface area contributed by atoms with E-state index >= 15 is 0 Å². The predicted octanol–water partition coefficient (Wildman–Crippen LogP) is 2.04. The first-order valence-electron chi connectivity index (χ1n) is 12.4. The standard InChI is InChI=1S/C26H38N4O3/c1-3-28-14-10-26(11-15-28)23(21(2)25(32)33-26)24(31)27-12-7-13-29-16-18-30(19-17-29)20-22-8-5-4-6-9-22/h4-6,8-9H,3,7,10-20H2,1-2H3,(H,27,31). The molecule has 1 aromatic rings. The fourth-order valence-electron chi connectivity index (χ4n) is 5.31. The van der Waals surface area contributed by atoms with Crippen LogP contribution in [-0.4, -0.2) is 91.1 Å². The summed E-state index contributed by atoms with van der Waals surface area (Å²) in [6.45, 7) is 13.4. The SMILES string of the molecule is CCN1CCC2(CC1)OC(=O)C(C)=C2C(=O)NCCCN1CCN(Cc2ccccc2)CC1. The summed E-state index contributed by atoms with van der Waals surface area (Å²) in [6.07, 6.45) is 2.29. The normalized spacial score (nSPS) is 22.1. The fraction of sp³-hybridized carbons (Fsp3) is 0.615. The molecular weight excluding hydrogens is 416 g/mol. The topological polar surface area (TPSA) is 65.1 Å². The Morgan fingerprint density at radius 1 is 1.00 bits per heavy atom. The summed E-state index contributed by atoms with van der Waals surface area (Å²) in [5, 5.41) is 3.07. The van der Waals surface area contributed by atoms with Crippen molar-refractivity contribution < 1.29 is 14.3 Å². The molecule has 7 nitrogen and oxygen atoms in total. The number of piperazine rings is 1. The molecule has 3 aliphatic heterocycles. The summed E-state index contributed by atoms with van der Waals surface area (Å²) in [6, 6.07) is 10.6. The Morgan fingerprint density at radius 3 is 2.33 bits per heavy atom. The molecule has 1 spiro atoms. The minimum absolute atomic E-state index is 0.129. The van der Waals surface area contributed by atoms with Crippen LogP contribution in [0.5, 0.6) is 0 Å². The Bertz CT molecular complexity index is 854. The van der Waals surface area contributed by atoms with E-state index in [9.17, 15) is 9.59 Å². The van der Waals surface area contributed by atoms with Gasteiger partial charge in [-0.1, -0.05) is 37.3 Å². The van der Waals surface area contributed by atoms with Gasteiger partial charge in [0.15, 0.2) is 0 Å². The summed E-state index contributed by atoms with van der Waals surface area (Å²) in [5.74, 6) is -0.463. The van der Waals surface area contributed by atoms with Crippen molar-refractivity contribution in [3.05, 3.63) is 47.0 Å². The Morgan fingerprint density at radius 2 is 1.67 bits per heavy atom. The largest absolute Gasteiger partial charge is 0.450 e. The van der Waals surface area contributed by atoms with Crippen molar-refractivity contribution in [3.8, 4) is 0 Å². The third kappa shape index (κ3) is 5.65. The first kappa shape index (κ1) is 23.9. The molecule has 0 aromatic heterocycles. The molecule has 1 amide bonds. The van der Waals surface area contributed by atoms with Crippen molar-refractivity contribution in [2.75, 3.05) is 58.9 Å². The average molecular weight is 455 g/mol. The maximum Gasteiger partial charge on any atom is 0.335 e. The second kappa shape index (κ2) is 10.8. The molecular formula is C26H38N4O3. The number of hydrogen-bond donors (Lipinski definition) is 1. The van der Waals surface area contributed by atoms with Crippen molar-refractivity contribution in [2.24, 2.45) is 0 Å². The second-order valence-electron chi connectivity index (χ2n) is 9.53. The van der Waals surface area contributed by atoms with Crippen LogP contribution in [0.15, 0.2) is 41.5 Å². The summed E-state index contributed by atoms with van der Waals surface area (Å²) < 4.78 is 5.77. The van der Waals surface area contributed by atoms with Gasteiger partial charge in [-0.25, -0.2) is 4.79 Å². The lowest BCUT2D eigenvalue weighted by molar-refractivity contribution is -0.150. The molecule has 7 heteroatoms. The maximum absolute atomic E-state index is 13.1. The highest BCUT2D eigenvalue weighted by molar-refractivity contribution is 6.07. The first-order valence-corrected chi connectivity index (χ1v) is 12.4. The van der Waals surface area contributed by atoms with E-state index < -0.39 is 5.60 Å². The van der Waals surface area contributed by atoms with E-state index in [-0.39, 0.29) is 11.9 Å². The number of benzene rings is 1. The van der Waals surface area contributed by atoms with Crippen LogP contribution in [0.2, 0.25) is 0 Å². The van der Waals surface area contributed by atoms with Gasteiger partial charge in [-0.2, -0.15) is 0 Å². The quantitative estimate of drug-likeness (QED) is 0.479. The molecule has 2 fully saturated rings. The number of carbonyl (C=O) groups excluding carboxylic acids is 2. The molecule has 1 aromatic carbocycles. The number of nitrogens with zero attached hydrogens (tertiary/aromatic N) is 3. The van der Waals surface area contributed by atoms with E-state index in [1.807, 2.05) is 0 Å². The van der Waals surface area contributed by atoms with Crippen LogP contribution in [0.4, 0.5) is 0 Å². The van der Waals surface area contributed by atoms with Crippen molar-refractivity contribution in [1.29, 1.82) is 0 Å². The van der Waals surface area contributed by atoms with Gasteiger partial charge in [-0.15, -0.1) is 0 Å². The smallest absolute Gasteiger partial charge is 0.335 e. The van der Waals surface area contributed by atoms with Crippen LogP contribution in [0, 0.1) is 0 Å². The molecule has 3 heterocycles. The highest BCUT2D eigenvalue weighted by Gasteiger charge is 2.50. The molecule has 0 atom stereocenters. The van der Waals surface area contributed by atoms with Gasteiger partial charge in [0.1, 0.15) is 5.60 Å². The third-order valence-electron chi connectivity index (χ3n) is 7.41. The van der Waals surface area contributed by atoms with Crippen LogP contribution in [0.3, 0.4) is 0 Å². The van der Waals surface area contributed by atoms with Crippen LogP contribution in [0.25, 0.3) is 0 Å². The Kier molecular flexibility index (Phi) is 7.83. The predicted molar refractivity (Wildman–Crippen MR) is 129 cm³/mol. The fourth-order valence-corrected chi connectivity index (χ4v) is 5.31. The third-order valence-corrected chi connectivity index (χ3v) is 7.41. The van der Waals surface area contributed by atoms with E-state index in [4.69, 9.17) is 4.74 Å². The molecule has 0 radical (unpaired) electrons. The maximum atomic E-state index is 13.1. The Hall–Kier alpha value is -2.22. The van der Waals surface area contributed by atoms with Gasteiger partial charge < -0.3 is 19.9 Å². The molecule has 180 valence electrons. The van der Waals surface area contributed by atoms with Crippen LogP contribution >= 0.6 is 0 Å². The summed E-state index contributed by atoms with van der Waals surface area (Å²) >= 11 is 0. The molecule has 1 N–H and O–H groups in total.